The van der Waals surface area contributed by atoms with E-state index in [0.717, 1.165) is 5.56 Å². The normalized spacial score (nSPS) is 13.1. The molecule has 0 N–H and O–H groups in total. The minimum Gasteiger partial charge on any atom is -0.460 e. The molecule has 0 fully saturated rings. The number of ether oxygens (including phenoxy) is 2. The van der Waals surface area contributed by atoms with Crippen LogP contribution in [0.3, 0.4) is 0 Å². The summed E-state index contributed by atoms with van der Waals surface area (Å²) >= 11 is 0. The van der Waals surface area contributed by atoms with Crippen LogP contribution in [0.4, 0.5) is 0 Å². The first-order valence-electron chi connectivity index (χ1n) is 6.24. The molecule has 1 atom stereocenters. The summed E-state index contributed by atoms with van der Waals surface area (Å²) in [6.45, 7) is 7.98. The van der Waals surface area contributed by atoms with E-state index in [-0.39, 0.29) is 18.5 Å². The number of rotatable bonds is 5. The molecule has 0 spiro atoms. The van der Waals surface area contributed by atoms with Crippen LogP contribution in [-0.4, -0.2) is 17.7 Å². The second kappa shape index (κ2) is 6.55. The molecule has 0 aliphatic carbocycles. The van der Waals surface area contributed by atoms with Gasteiger partial charge in [0.2, 0.25) is 0 Å². The van der Waals surface area contributed by atoms with Crippen LogP contribution in [-0.2, 0) is 20.9 Å². The molecule has 1 aromatic carbocycles. The van der Waals surface area contributed by atoms with Crippen LogP contribution >= 0.6 is 0 Å². The van der Waals surface area contributed by atoms with Crippen molar-refractivity contribution in [3.8, 4) is 0 Å². The highest BCUT2D eigenvalue weighted by Crippen LogP contribution is 2.11. The summed E-state index contributed by atoms with van der Waals surface area (Å²) in [7, 11) is 0. The van der Waals surface area contributed by atoms with Gasteiger partial charge >= 0.3 is 5.97 Å². The molecule has 3 nitrogen and oxygen atoms in total. The van der Waals surface area contributed by atoms with Crippen LogP contribution in [0.25, 0.3) is 0 Å². The molecule has 1 aromatic rings. The fraction of sp³-hybridized carbons (Fsp3) is 0.533. The van der Waals surface area contributed by atoms with E-state index in [0.29, 0.717) is 6.61 Å². The molecule has 100 valence electrons. The quantitative estimate of drug-likeness (QED) is 0.752. The molecule has 0 aliphatic rings. The van der Waals surface area contributed by atoms with Crippen LogP contribution in [0.2, 0.25) is 0 Å². The SMILES string of the molecule is CC(CC(=O)OC(C)(C)C)OCc1ccccc1. The first-order valence-corrected chi connectivity index (χ1v) is 6.24. The third-order valence-electron chi connectivity index (χ3n) is 2.25. The monoisotopic (exact) mass is 250 g/mol. The summed E-state index contributed by atoms with van der Waals surface area (Å²) < 4.78 is 10.9. The van der Waals surface area contributed by atoms with Crippen molar-refractivity contribution in [3.05, 3.63) is 35.9 Å². The molecule has 0 bridgehead atoms. The minimum absolute atomic E-state index is 0.139. The van der Waals surface area contributed by atoms with Crippen molar-refractivity contribution >= 4 is 5.97 Å². The van der Waals surface area contributed by atoms with Crippen LogP contribution in [0.15, 0.2) is 30.3 Å². The van der Waals surface area contributed by atoms with Gasteiger partial charge in [0.1, 0.15) is 5.60 Å². The second-order valence-electron chi connectivity index (χ2n) is 5.40. The number of esters is 1. The fourth-order valence-corrected chi connectivity index (χ4v) is 1.49. The number of carbonyl (C=O) groups is 1. The molecular formula is C15H22O3. The maximum atomic E-state index is 11.6. The summed E-state index contributed by atoms with van der Waals surface area (Å²) in [5.41, 5.74) is 0.671. The van der Waals surface area contributed by atoms with Crippen LogP contribution in [0.1, 0.15) is 39.7 Å². The molecule has 0 saturated carbocycles. The van der Waals surface area contributed by atoms with Gasteiger partial charge in [-0.3, -0.25) is 4.79 Å². The lowest BCUT2D eigenvalue weighted by atomic mass is 10.2. The predicted octanol–water partition coefficient (Wildman–Crippen LogP) is 3.32. The minimum atomic E-state index is -0.434. The summed E-state index contributed by atoms with van der Waals surface area (Å²) in [6.07, 6.45) is 0.143. The van der Waals surface area contributed by atoms with E-state index in [1.54, 1.807) is 0 Å². The van der Waals surface area contributed by atoms with Gasteiger partial charge in [-0.15, -0.1) is 0 Å². The Bertz CT molecular complexity index is 365. The molecule has 18 heavy (non-hydrogen) atoms. The summed E-state index contributed by atoms with van der Waals surface area (Å²) in [5, 5.41) is 0. The van der Waals surface area contributed by atoms with Crippen molar-refractivity contribution < 1.29 is 14.3 Å². The van der Waals surface area contributed by atoms with E-state index in [4.69, 9.17) is 9.47 Å². The summed E-state index contributed by atoms with van der Waals surface area (Å²) in [6, 6.07) is 9.91. The Kier molecular flexibility index (Phi) is 5.35. The van der Waals surface area contributed by atoms with Crippen molar-refractivity contribution in [2.75, 3.05) is 0 Å². The lowest BCUT2D eigenvalue weighted by Gasteiger charge is -2.21. The van der Waals surface area contributed by atoms with Gasteiger partial charge in [0.15, 0.2) is 0 Å². The second-order valence-corrected chi connectivity index (χ2v) is 5.40. The maximum absolute atomic E-state index is 11.6. The van der Waals surface area contributed by atoms with E-state index < -0.39 is 5.60 Å². The first kappa shape index (κ1) is 14.7. The molecular weight excluding hydrogens is 228 g/mol. The number of carbonyl (C=O) groups excluding carboxylic acids is 1. The Labute approximate surface area is 109 Å². The molecule has 0 radical (unpaired) electrons. The van der Waals surface area contributed by atoms with E-state index in [1.165, 1.54) is 0 Å². The van der Waals surface area contributed by atoms with Crippen molar-refractivity contribution in [1.29, 1.82) is 0 Å². The molecule has 1 rings (SSSR count). The van der Waals surface area contributed by atoms with Gasteiger partial charge in [0.05, 0.1) is 19.1 Å². The Morgan fingerprint density at radius 2 is 1.83 bits per heavy atom. The highest BCUT2D eigenvalue weighted by Gasteiger charge is 2.18. The van der Waals surface area contributed by atoms with Crippen LogP contribution < -0.4 is 0 Å². The Hall–Kier alpha value is -1.35. The molecule has 0 amide bonds. The zero-order valence-corrected chi connectivity index (χ0v) is 11.6. The zero-order valence-electron chi connectivity index (χ0n) is 11.6. The van der Waals surface area contributed by atoms with Gasteiger partial charge < -0.3 is 9.47 Å². The van der Waals surface area contributed by atoms with Crippen molar-refractivity contribution in [3.63, 3.8) is 0 Å². The fourth-order valence-electron chi connectivity index (χ4n) is 1.49. The largest absolute Gasteiger partial charge is 0.460 e. The average Bonchev–Trinajstić information content (AvgIpc) is 2.25. The maximum Gasteiger partial charge on any atom is 0.308 e. The third-order valence-corrected chi connectivity index (χ3v) is 2.25. The first-order chi connectivity index (χ1) is 8.37. The van der Waals surface area contributed by atoms with Gasteiger partial charge in [0, 0.05) is 0 Å². The molecule has 0 aromatic heterocycles. The van der Waals surface area contributed by atoms with Gasteiger partial charge in [-0.2, -0.15) is 0 Å². The van der Waals surface area contributed by atoms with Crippen LogP contribution in [0.5, 0.6) is 0 Å². The highest BCUT2D eigenvalue weighted by atomic mass is 16.6. The topological polar surface area (TPSA) is 35.5 Å². The molecule has 0 saturated heterocycles. The molecule has 0 aliphatic heterocycles. The smallest absolute Gasteiger partial charge is 0.308 e. The summed E-state index contributed by atoms with van der Waals surface area (Å²) in [4.78, 5) is 11.6. The van der Waals surface area contributed by atoms with Crippen molar-refractivity contribution in [2.24, 2.45) is 0 Å². The highest BCUT2D eigenvalue weighted by molar-refractivity contribution is 5.70. The molecule has 3 heteroatoms. The van der Waals surface area contributed by atoms with E-state index in [2.05, 4.69) is 0 Å². The average molecular weight is 250 g/mol. The third kappa shape index (κ3) is 6.40. The molecule has 1 unspecified atom stereocenters. The predicted molar refractivity (Wildman–Crippen MR) is 71.2 cm³/mol. The Morgan fingerprint density at radius 3 is 2.39 bits per heavy atom. The Morgan fingerprint density at radius 1 is 1.22 bits per heavy atom. The number of benzene rings is 1. The lowest BCUT2D eigenvalue weighted by Crippen LogP contribution is -2.26. The van der Waals surface area contributed by atoms with Crippen LogP contribution in [0, 0.1) is 0 Å². The standard InChI is InChI=1S/C15H22O3/c1-12(10-14(16)18-15(2,3)4)17-11-13-8-6-5-7-9-13/h5-9,12H,10-11H2,1-4H3. The molecule has 0 heterocycles. The van der Waals surface area contributed by atoms with E-state index in [9.17, 15) is 4.79 Å². The Balaban J connectivity index is 2.29. The van der Waals surface area contributed by atoms with Crippen molar-refractivity contribution in [2.45, 2.75) is 52.4 Å². The lowest BCUT2D eigenvalue weighted by molar-refractivity contribution is -0.157. The van der Waals surface area contributed by atoms with E-state index in [1.807, 2.05) is 58.0 Å². The van der Waals surface area contributed by atoms with Gasteiger partial charge in [-0.1, -0.05) is 30.3 Å². The zero-order chi connectivity index (χ0) is 13.6. The van der Waals surface area contributed by atoms with Gasteiger partial charge in [0.25, 0.3) is 0 Å². The van der Waals surface area contributed by atoms with Gasteiger partial charge in [-0.05, 0) is 33.3 Å². The van der Waals surface area contributed by atoms with Gasteiger partial charge in [-0.25, -0.2) is 0 Å². The van der Waals surface area contributed by atoms with Crippen molar-refractivity contribution in [1.82, 2.24) is 0 Å². The number of hydrogen-bond donors (Lipinski definition) is 0. The summed E-state index contributed by atoms with van der Waals surface area (Å²) in [5.74, 6) is -0.219. The van der Waals surface area contributed by atoms with E-state index >= 15 is 0 Å². The number of hydrogen-bond acceptors (Lipinski definition) is 3.